The SMILES string of the molecule is COc1ccc(C=C(Br)C(=O)c2cc(OC)c(OC)c(OC)c2)cc1[N+](=O)[O-]. The molecule has 0 bridgehead atoms. The zero-order valence-electron chi connectivity index (χ0n) is 15.6. The molecule has 2 rings (SSSR count). The first-order valence-electron chi connectivity index (χ1n) is 7.90. The predicted molar refractivity (Wildman–Crippen MR) is 107 cm³/mol. The molecular weight excluding hydrogens is 434 g/mol. The van der Waals surface area contributed by atoms with Crippen LogP contribution in [-0.4, -0.2) is 39.1 Å². The van der Waals surface area contributed by atoms with Crippen LogP contribution in [-0.2, 0) is 0 Å². The molecule has 0 heterocycles. The third kappa shape index (κ3) is 4.42. The predicted octanol–water partition coefficient (Wildman–Crippen LogP) is 4.25. The average Bonchev–Trinajstić information content (AvgIpc) is 2.71. The van der Waals surface area contributed by atoms with E-state index in [9.17, 15) is 14.9 Å². The molecule has 2 aromatic carbocycles. The third-order valence-corrected chi connectivity index (χ3v) is 4.43. The Labute approximate surface area is 169 Å². The molecule has 9 heteroatoms. The molecule has 0 N–H and O–H groups in total. The number of methoxy groups -OCH3 is 4. The van der Waals surface area contributed by atoms with Gasteiger partial charge in [-0.3, -0.25) is 14.9 Å². The lowest BCUT2D eigenvalue weighted by atomic mass is 10.1. The van der Waals surface area contributed by atoms with Crippen LogP contribution in [0.1, 0.15) is 15.9 Å². The fourth-order valence-electron chi connectivity index (χ4n) is 2.50. The number of ketones is 1. The number of benzene rings is 2. The number of nitrogens with zero attached hydrogens (tertiary/aromatic N) is 1. The van der Waals surface area contributed by atoms with Gasteiger partial charge in [0.15, 0.2) is 23.0 Å². The lowest BCUT2D eigenvalue weighted by molar-refractivity contribution is -0.385. The second-order valence-electron chi connectivity index (χ2n) is 5.42. The number of hydrogen-bond donors (Lipinski definition) is 0. The summed E-state index contributed by atoms with van der Waals surface area (Å²) in [6, 6.07) is 7.44. The Morgan fingerprint density at radius 1 is 0.964 bits per heavy atom. The highest BCUT2D eigenvalue weighted by Gasteiger charge is 2.19. The van der Waals surface area contributed by atoms with Crippen molar-refractivity contribution >= 4 is 33.5 Å². The van der Waals surface area contributed by atoms with E-state index in [0.29, 0.717) is 28.4 Å². The molecule has 0 spiro atoms. The van der Waals surface area contributed by atoms with E-state index in [-0.39, 0.29) is 21.7 Å². The molecule has 0 atom stereocenters. The number of nitro benzene ring substituents is 1. The highest BCUT2D eigenvalue weighted by atomic mass is 79.9. The summed E-state index contributed by atoms with van der Waals surface area (Å²) in [5.41, 5.74) is 0.553. The Kier molecular flexibility index (Phi) is 7.00. The third-order valence-electron chi connectivity index (χ3n) is 3.84. The van der Waals surface area contributed by atoms with Crippen molar-refractivity contribution in [3.8, 4) is 23.0 Å². The Bertz CT molecular complexity index is 915. The van der Waals surface area contributed by atoms with E-state index in [1.807, 2.05) is 0 Å². The smallest absolute Gasteiger partial charge is 0.311 e. The van der Waals surface area contributed by atoms with Crippen LogP contribution in [0.5, 0.6) is 23.0 Å². The quantitative estimate of drug-likeness (QED) is 0.256. The van der Waals surface area contributed by atoms with Crippen LogP contribution >= 0.6 is 15.9 Å². The molecule has 0 amide bonds. The zero-order valence-corrected chi connectivity index (χ0v) is 17.2. The van der Waals surface area contributed by atoms with Crippen molar-refractivity contribution in [1.82, 2.24) is 0 Å². The maximum atomic E-state index is 12.8. The number of Topliss-reactive ketones (excluding diaryl/α,β-unsaturated/α-hetero) is 1. The van der Waals surface area contributed by atoms with Gasteiger partial charge in [-0.15, -0.1) is 0 Å². The van der Waals surface area contributed by atoms with Crippen LogP contribution < -0.4 is 18.9 Å². The summed E-state index contributed by atoms with van der Waals surface area (Å²) >= 11 is 3.24. The van der Waals surface area contributed by atoms with E-state index in [1.165, 1.54) is 58.8 Å². The molecule has 0 unspecified atom stereocenters. The molecule has 8 nitrogen and oxygen atoms in total. The summed E-state index contributed by atoms with van der Waals surface area (Å²) in [5.74, 6) is 0.815. The molecule has 0 radical (unpaired) electrons. The maximum Gasteiger partial charge on any atom is 0.311 e. The van der Waals surface area contributed by atoms with Crippen LogP contribution in [0, 0.1) is 10.1 Å². The van der Waals surface area contributed by atoms with Gasteiger partial charge in [0.2, 0.25) is 5.75 Å². The number of rotatable bonds is 8. The van der Waals surface area contributed by atoms with E-state index in [2.05, 4.69) is 15.9 Å². The first-order valence-corrected chi connectivity index (χ1v) is 8.69. The van der Waals surface area contributed by atoms with Gasteiger partial charge in [0.1, 0.15) is 0 Å². The van der Waals surface area contributed by atoms with Crippen molar-refractivity contribution in [3.05, 3.63) is 56.1 Å². The minimum absolute atomic E-state index is 0.134. The minimum atomic E-state index is -0.550. The van der Waals surface area contributed by atoms with Crippen molar-refractivity contribution in [2.75, 3.05) is 28.4 Å². The van der Waals surface area contributed by atoms with E-state index in [0.717, 1.165) is 0 Å². The maximum absolute atomic E-state index is 12.8. The molecule has 0 fully saturated rings. The van der Waals surface area contributed by atoms with Gasteiger partial charge in [0.25, 0.3) is 0 Å². The van der Waals surface area contributed by atoms with Crippen molar-refractivity contribution < 1.29 is 28.7 Å². The summed E-state index contributed by atoms with van der Waals surface area (Å²) in [5, 5.41) is 11.2. The first-order chi connectivity index (χ1) is 13.4. The number of nitro groups is 1. The molecular formula is C19H18BrNO7. The highest BCUT2D eigenvalue weighted by Crippen LogP contribution is 2.39. The van der Waals surface area contributed by atoms with Gasteiger partial charge >= 0.3 is 5.69 Å². The summed E-state index contributed by atoms with van der Waals surface area (Å²) < 4.78 is 20.9. The molecule has 0 aromatic heterocycles. The normalized spacial score (nSPS) is 11.0. The molecule has 148 valence electrons. The number of ether oxygens (including phenoxy) is 4. The number of carbonyl (C=O) groups is 1. The Hall–Kier alpha value is -3.07. The molecule has 0 aliphatic carbocycles. The van der Waals surface area contributed by atoms with Crippen LogP contribution in [0.15, 0.2) is 34.8 Å². The summed E-state index contributed by atoms with van der Waals surface area (Å²) in [6.07, 6.45) is 1.48. The van der Waals surface area contributed by atoms with E-state index >= 15 is 0 Å². The number of hydrogen-bond acceptors (Lipinski definition) is 7. The van der Waals surface area contributed by atoms with Crippen LogP contribution in [0.3, 0.4) is 0 Å². The first kappa shape index (κ1) is 21.2. The average molecular weight is 452 g/mol. The van der Waals surface area contributed by atoms with Crippen LogP contribution in [0.25, 0.3) is 6.08 Å². The second kappa shape index (κ2) is 9.23. The van der Waals surface area contributed by atoms with Gasteiger partial charge in [-0.1, -0.05) is 6.07 Å². The monoisotopic (exact) mass is 451 g/mol. The fraction of sp³-hybridized carbons (Fsp3) is 0.211. The Morgan fingerprint density at radius 3 is 2.00 bits per heavy atom. The van der Waals surface area contributed by atoms with E-state index in [4.69, 9.17) is 18.9 Å². The van der Waals surface area contributed by atoms with Crippen LogP contribution in [0.2, 0.25) is 0 Å². The lowest BCUT2D eigenvalue weighted by Crippen LogP contribution is -2.03. The van der Waals surface area contributed by atoms with Gasteiger partial charge in [-0.25, -0.2) is 0 Å². The molecule has 0 saturated heterocycles. The molecule has 2 aromatic rings. The van der Waals surface area contributed by atoms with Crippen molar-refractivity contribution in [2.24, 2.45) is 0 Å². The van der Waals surface area contributed by atoms with Gasteiger partial charge in [-0.2, -0.15) is 0 Å². The lowest BCUT2D eigenvalue weighted by Gasteiger charge is -2.13. The summed E-state index contributed by atoms with van der Waals surface area (Å²) in [4.78, 5) is 23.4. The minimum Gasteiger partial charge on any atom is -0.493 e. The molecule has 0 aliphatic heterocycles. The van der Waals surface area contributed by atoms with Crippen molar-refractivity contribution in [2.45, 2.75) is 0 Å². The fourth-order valence-corrected chi connectivity index (χ4v) is 2.99. The van der Waals surface area contributed by atoms with Gasteiger partial charge in [0.05, 0.1) is 37.8 Å². The molecule has 0 aliphatic rings. The van der Waals surface area contributed by atoms with E-state index < -0.39 is 4.92 Å². The summed E-state index contributed by atoms with van der Waals surface area (Å²) in [6.45, 7) is 0. The number of carbonyl (C=O) groups excluding carboxylic acids is 1. The standard InChI is InChI=1S/C19H18BrNO7/c1-25-15-6-5-11(8-14(15)21(23)24)7-13(20)18(22)12-9-16(26-2)19(28-4)17(10-12)27-3/h5-10H,1-4H3. The topological polar surface area (TPSA) is 97.1 Å². The Morgan fingerprint density at radius 2 is 1.54 bits per heavy atom. The van der Waals surface area contributed by atoms with Gasteiger partial charge in [0, 0.05) is 11.6 Å². The van der Waals surface area contributed by atoms with Crippen molar-refractivity contribution in [1.29, 1.82) is 0 Å². The van der Waals surface area contributed by atoms with Crippen molar-refractivity contribution in [3.63, 3.8) is 0 Å². The summed E-state index contributed by atoms with van der Waals surface area (Å²) in [7, 11) is 5.72. The largest absolute Gasteiger partial charge is 0.493 e. The van der Waals surface area contributed by atoms with E-state index in [1.54, 1.807) is 6.07 Å². The zero-order chi connectivity index (χ0) is 20.8. The van der Waals surface area contributed by atoms with Gasteiger partial charge < -0.3 is 18.9 Å². The van der Waals surface area contributed by atoms with Crippen LogP contribution in [0.4, 0.5) is 5.69 Å². The highest BCUT2D eigenvalue weighted by molar-refractivity contribution is 9.12. The number of allylic oxidation sites excluding steroid dienone is 1. The molecule has 0 saturated carbocycles. The Balaban J connectivity index is 2.44. The molecule has 28 heavy (non-hydrogen) atoms. The van der Waals surface area contributed by atoms with Gasteiger partial charge in [-0.05, 0) is 45.8 Å². The number of halogens is 1. The second-order valence-corrected chi connectivity index (χ2v) is 6.28.